The summed E-state index contributed by atoms with van der Waals surface area (Å²) in [5.41, 5.74) is 1.92. The van der Waals surface area contributed by atoms with Crippen LogP contribution in [0.3, 0.4) is 0 Å². The van der Waals surface area contributed by atoms with E-state index in [1.54, 1.807) is 35.4 Å². The topological polar surface area (TPSA) is 109 Å². The van der Waals surface area contributed by atoms with Gasteiger partial charge in [0.15, 0.2) is 6.61 Å². The largest absolute Gasteiger partial charge is 0.484 e. The standard InChI is InChI=1S/C22H22N6O4/c29-19(27-8-10-31-11-9-27)14-32-16-3-4-17-18(12-16)25-22(28-7-6-24-20(17)28)26-21(30)15-2-1-5-23-13-15/h1-5,12-13H,6-11,14H2,(H,25,26,30). The van der Waals surface area contributed by atoms with Gasteiger partial charge in [0, 0.05) is 43.7 Å². The number of fused-ring (bicyclic) bond motifs is 3. The second-order valence-corrected chi connectivity index (χ2v) is 7.45. The van der Waals surface area contributed by atoms with Crippen molar-refractivity contribution < 1.29 is 19.1 Å². The predicted octanol–water partition coefficient (Wildman–Crippen LogP) is 0.812. The Balaban J connectivity index is 1.34. The van der Waals surface area contributed by atoms with Crippen molar-refractivity contribution in [3.63, 3.8) is 0 Å². The van der Waals surface area contributed by atoms with Crippen LogP contribution in [0.4, 0.5) is 5.69 Å². The van der Waals surface area contributed by atoms with Crippen LogP contribution in [0.15, 0.2) is 52.7 Å². The van der Waals surface area contributed by atoms with Gasteiger partial charge < -0.3 is 14.4 Å². The zero-order valence-electron chi connectivity index (χ0n) is 17.4. The molecule has 4 heterocycles. The van der Waals surface area contributed by atoms with Gasteiger partial charge in [-0.2, -0.15) is 0 Å². The first kappa shape index (κ1) is 20.1. The minimum Gasteiger partial charge on any atom is -0.484 e. The summed E-state index contributed by atoms with van der Waals surface area (Å²) in [6.45, 7) is 3.44. The molecular formula is C22H22N6O4. The lowest BCUT2D eigenvalue weighted by atomic mass is 10.1. The van der Waals surface area contributed by atoms with Crippen molar-refractivity contribution in [1.82, 2.24) is 20.1 Å². The molecule has 164 valence electrons. The number of aromatic nitrogens is 1. The van der Waals surface area contributed by atoms with Crippen molar-refractivity contribution in [2.24, 2.45) is 9.98 Å². The van der Waals surface area contributed by atoms with Gasteiger partial charge in [-0.15, -0.1) is 0 Å². The summed E-state index contributed by atoms with van der Waals surface area (Å²) in [6, 6.07) is 8.84. The molecule has 10 nitrogen and oxygen atoms in total. The number of aliphatic imine (C=N–C) groups is 2. The second kappa shape index (κ2) is 8.75. The number of hydrogen-bond acceptors (Lipinski definition) is 8. The van der Waals surface area contributed by atoms with E-state index in [1.165, 1.54) is 6.20 Å². The molecule has 32 heavy (non-hydrogen) atoms. The lowest BCUT2D eigenvalue weighted by Crippen LogP contribution is -2.47. The van der Waals surface area contributed by atoms with Crippen molar-refractivity contribution in [2.75, 3.05) is 46.0 Å². The highest BCUT2D eigenvalue weighted by molar-refractivity contribution is 6.19. The number of rotatable bonds is 4. The molecule has 5 rings (SSSR count). The van der Waals surface area contributed by atoms with Crippen LogP contribution in [0.2, 0.25) is 0 Å². The number of nitrogens with zero attached hydrogens (tertiary/aromatic N) is 5. The Hall–Kier alpha value is -3.79. The molecule has 1 fully saturated rings. The number of nitrogens with one attached hydrogen (secondary N) is 1. The second-order valence-electron chi connectivity index (χ2n) is 7.45. The average Bonchev–Trinajstić information content (AvgIpc) is 3.34. The third-order valence-electron chi connectivity index (χ3n) is 5.41. The summed E-state index contributed by atoms with van der Waals surface area (Å²) < 4.78 is 11.0. The summed E-state index contributed by atoms with van der Waals surface area (Å²) in [7, 11) is 0. The van der Waals surface area contributed by atoms with E-state index in [0.717, 1.165) is 11.4 Å². The van der Waals surface area contributed by atoms with Gasteiger partial charge in [0.25, 0.3) is 11.8 Å². The number of amides is 2. The quantitative estimate of drug-likeness (QED) is 0.763. The van der Waals surface area contributed by atoms with E-state index in [0.29, 0.717) is 62.4 Å². The number of benzene rings is 1. The van der Waals surface area contributed by atoms with Gasteiger partial charge in [0.2, 0.25) is 5.96 Å². The molecule has 2 aromatic rings. The maximum atomic E-state index is 12.6. The molecule has 0 spiro atoms. The number of carbonyl (C=O) groups is 2. The van der Waals surface area contributed by atoms with Crippen LogP contribution in [0.25, 0.3) is 0 Å². The van der Waals surface area contributed by atoms with Crippen molar-refractivity contribution in [1.29, 1.82) is 0 Å². The zero-order chi connectivity index (χ0) is 21.9. The monoisotopic (exact) mass is 434 g/mol. The van der Waals surface area contributed by atoms with E-state index in [9.17, 15) is 9.59 Å². The van der Waals surface area contributed by atoms with E-state index in [4.69, 9.17) is 9.47 Å². The molecular weight excluding hydrogens is 412 g/mol. The molecule has 1 saturated heterocycles. The van der Waals surface area contributed by atoms with E-state index >= 15 is 0 Å². The van der Waals surface area contributed by atoms with Crippen LogP contribution in [0.5, 0.6) is 5.75 Å². The normalized spacial score (nSPS) is 17.1. The first-order chi connectivity index (χ1) is 15.7. The molecule has 1 N–H and O–H groups in total. The lowest BCUT2D eigenvalue weighted by molar-refractivity contribution is -0.137. The molecule has 0 saturated carbocycles. The van der Waals surface area contributed by atoms with Gasteiger partial charge in [-0.1, -0.05) is 0 Å². The van der Waals surface area contributed by atoms with Gasteiger partial charge in [-0.25, -0.2) is 4.99 Å². The third kappa shape index (κ3) is 4.04. The number of ether oxygens (including phenoxy) is 2. The first-order valence-electron chi connectivity index (χ1n) is 10.4. The summed E-state index contributed by atoms with van der Waals surface area (Å²) in [4.78, 5) is 41.8. The van der Waals surface area contributed by atoms with Crippen LogP contribution in [-0.4, -0.2) is 84.4 Å². The Labute approximate surface area is 184 Å². The summed E-state index contributed by atoms with van der Waals surface area (Å²) in [5.74, 6) is 1.32. The number of carbonyl (C=O) groups excluding carboxylic acids is 2. The third-order valence-corrected chi connectivity index (χ3v) is 5.41. The zero-order valence-corrected chi connectivity index (χ0v) is 17.4. The smallest absolute Gasteiger partial charge is 0.260 e. The van der Waals surface area contributed by atoms with Crippen LogP contribution < -0.4 is 10.1 Å². The molecule has 0 unspecified atom stereocenters. The Kier molecular flexibility index (Phi) is 5.51. The number of hydrogen-bond donors (Lipinski definition) is 1. The fourth-order valence-corrected chi connectivity index (χ4v) is 3.76. The minimum atomic E-state index is -0.296. The van der Waals surface area contributed by atoms with Gasteiger partial charge in [0.1, 0.15) is 11.6 Å². The predicted molar refractivity (Wildman–Crippen MR) is 116 cm³/mol. The maximum Gasteiger partial charge on any atom is 0.260 e. The average molecular weight is 434 g/mol. The number of morpholine rings is 1. The van der Waals surface area contributed by atoms with E-state index < -0.39 is 0 Å². The summed E-state index contributed by atoms with van der Waals surface area (Å²) in [5, 5.41) is 2.86. The minimum absolute atomic E-state index is 0.0554. The molecule has 3 aliphatic heterocycles. The van der Waals surface area contributed by atoms with Crippen LogP contribution in [0.1, 0.15) is 15.9 Å². The van der Waals surface area contributed by atoms with Crippen molar-refractivity contribution >= 4 is 29.3 Å². The van der Waals surface area contributed by atoms with Crippen molar-refractivity contribution in [3.8, 4) is 5.75 Å². The highest BCUT2D eigenvalue weighted by Crippen LogP contribution is 2.31. The van der Waals surface area contributed by atoms with Gasteiger partial charge >= 0.3 is 0 Å². The van der Waals surface area contributed by atoms with Crippen LogP contribution in [-0.2, 0) is 9.53 Å². The number of guanidine groups is 1. The van der Waals surface area contributed by atoms with Gasteiger partial charge in [-0.05, 0) is 24.3 Å². The fourth-order valence-electron chi connectivity index (χ4n) is 3.76. The molecule has 10 heteroatoms. The van der Waals surface area contributed by atoms with E-state index in [-0.39, 0.29) is 18.4 Å². The summed E-state index contributed by atoms with van der Waals surface area (Å²) in [6.07, 6.45) is 3.12. The molecule has 3 aliphatic rings. The number of pyridine rings is 1. The molecule has 1 aromatic carbocycles. The summed E-state index contributed by atoms with van der Waals surface area (Å²) >= 11 is 0. The molecule has 2 amide bonds. The molecule has 0 bridgehead atoms. The van der Waals surface area contributed by atoms with E-state index in [1.807, 2.05) is 11.0 Å². The Morgan fingerprint density at radius 2 is 2.03 bits per heavy atom. The van der Waals surface area contributed by atoms with Gasteiger partial charge in [-0.3, -0.25) is 29.8 Å². The lowest BCUT2D eigenvalue weighted by Gasteiger charge is -2.28. The SMILES string of the molecule is O=C(NC1=Nc2cc(OCC(=O)N3CCOCC3)ccc2C2=NCCN12)c1cccnc1. The Morgan fingerprint density at radius 1 is 1.16 bits per heavy atom. The van der Waals surface area contributed by atoms with E-state index in [2.05, 4.69) is 20.3 Å². The maximum absolute atomic E-state index is 12.6. The molecule has 1 aromatic heterocycles. The van der Waals surface area contributed by atoms with Crippen molar-refractivity contribution in [3.05, 3.63) is 53.9 Å². The highest BCUT2D eigenvalue weighted by atomic mass is 16.5. The Bertz CT molecular complexity index is 1090. The van der Waals surface area contributed by atoms with Crippen molar-refractivity contribution in [2.45, 2.75) is 0 Å². The van der Waals surface area contributed by atoms with Crippen LogP contribution in [0, 0.1) is 0 Å². The molecule has 0 aliphatic carbocycles. The van der Waals surface area contributed by atoms with Gasteiger partial charge in [0.05, 0.1) is 31.0 Å². The Morgan fingerprint density at radius 3 is 2.84 bits per heavy atom. The number of amidine groups is 1. The first-order valence-corrected chi connectivity index (χ1v) is 10.4. The van der Waals surface area contributed by atoms with Crippen LogP contribution >= 0.6 is 0 Å². The molecule has 0 radical (unpaired) electrons. The highest BCUT2D eigenvalue weighted by Gasteiger charge is 2.31. The molecule has 0 atom stereocenters. The fraction of sp³-hybridized carbons (Fsp3) is 0.318.